The Morgan fingerprint density at radius 2 is 1.76 bits per heavy atom. The van der Waals surface area contributed by atoms with E-state index in [0.717, 1.165) is 37.3 Å². The van der Waals surface area contributed by atoms with Crippen LogP contribution in [0, 0.1) is 5.82 Å². The molecule has 0 saturated carbocycles. The molecule has 2 heterocycles. The zero-order valence-electron chi connectivity index (χ0n) is 16.1. The Morgan fingerprint density at radius 1 is 1.10 bits per heavy atom. The molecule has 0 aliphatic carbocycles. The van der Waals surface area contributed by atoms with Crippen LogP contribution in [0.1, 0.15) is 24.8 Å². The van der Waals surface area contributed by atoms with Crippen molar-refractivity contribution in [2.45, 2.75) is 31.0 Å². The van der Waals surface area contributed by atoms with Crippen molar-refractivity contribution < 1.29 is 19.0 Å². The van der Waals surface area contributed by atoms with E-state index in [1.54, 1.807) is 29.2 Å². The third kappa shape index (κ3) is 4.55. The summed E-state index contributed by atoms with van der Waals surface area (Å²) in [7, 11) is 0. The standard InChI is InChI=1S/C22H24ClFN2O3/c23-17-3-7-19(8-4-17)26-15-20(29-21(26)27)9-12-25-13-10-22(28,11-14-25)16-1-5-18(24)6-2-16/h1-8,20,28H,9-15H2. The second kappa shape index (κ2) is 8.30. The summed E-state index contributed by atoms with van der Waals surface area (Å²) in [4.78, 5) is 16.1. The number of likely N-dealkylation sites (tertiary alicyclic amines) is 1. The fourth-order valence-electron chi connectivity index (χ4n) is 4.03. The molecule has 2 aliphatic rings. The van der Waals surface area contributed by atoms with Crippen molar-refractivity contribution in [1.82, 2.24) is 4.90 Å². The number of ether oxygens (including phenoxy) is 1. The minimum absolute atomic E-state index is 0.156. The van der Waals surface area contributed by atoms with Crippen LogP contribution in [-0.4, -0.2) is 48.4 Å². The summed E-state index contributed by atoms with van der Waals surface area (Å²) < 4.78 is 18.6. The lowest BCUT2D eigenvalue weighted by molar-refractivity contribution is -0.0276. The number of anilines is 1. The maximum Gasteiger partial charge on any atom is 0.414 e. The van der Waals surface area contributed by atoms with E-state index in [2.05, 4.69) is 4.90 Å². The van der Waals surface area contributed by atoms with Crippen LogP contribution in [0.4, 0.5) is 14.9 Å². The smallest absolute Gasteiger partial charge is 0.414 e. The van der Waals surface area contributed by atoms with Gasteiger partial charge in [0.05, 0.1) is 12.1 Å². The summed E-state index contributed by atoms with van der Waals surface area (Å²) in [6, 6.07) is 13.2. The minimum Gasteiger partial charge on any atom is -0.444 e. The van der Waals surface area contributed by atoms with E-state index >= 15 is 0 Å². The predicted octanol–water partition coefficient (Wildman–Crippen LogP) is 4.18. The first kappa shape index (κ1) is 20.1. The van der Waals surface area contributed by atoms with Crippen molar-refractivity contribution in [3.63, 3.8) is 0 Å². The molecule has 2 aromatic carbocycles. The van der Waals surface area contributed by atoms with E-state index in [4.69, 9.17) is 16.3 Å². The fraction of sp³-hybridized carbons (Fsp3) is 0.409. The first-order valence-electron chi connectivity index (χ1n) is 9.87. The maximum absolute atomic E-state index is 13.1. The summed E-state index contributed by atoms with van der Waals surface area (Å²) in [5.74, 6) is -0.298. The van der Waals surface area contributed by atoms with Crippen LogP contribution in [0.5, 0.6) is 0 Å². The van der Waals surface area contributed by atoms with E-state index in [9.17, 15) is 14.3 Å². The number of carbonyl (C=O) groups excluding carboxylic acids is 1. The van der Waals surface area contributed by atoms with Gasteiger partial charge in [-0.05, 0) is 61.2 Å². The Bertz CT molecular complexity index is 851. The largest absolute Gasteiger partial charge is 0.444 e. The molecule has 2 saturated heterocycles. The highest BCUT2D eigenvalue weighted by Crippen LogP contribution is 2.33. The summed E-state index contributed by atoms with van der Waals surface area (Å²) in [5.41, 5.74) is 0.640. The van der Waals surface area contributed by atoms with Gasteiger partial charge >= 0.3 is 6.09 Å². The van der Waals surface area contributed by atoms with Gasteiger partial charge in [-0.15, -0.1) is 0 Å². The third-order valence-corrected chi connectivity index (χ3v) is 6.10. The third-order valence-electron chi connectivity index (χ3n) is 5.84. The number of halogens is 2. The average molecular weight is 419 g/mol. The van der Waals surface area contributed by atoms with Crippen LogP contribution in [0.25, 0.3) is 0 Å². The fourth-order valence-corrected chi connectivity index (χ4v) is 4.15. The Hall–Kier alpha value is -2.15. The molecule has 0 radical (unpaired) electrons. The lowest BCUT2D eigenvalue weighted by Gasteiger charge is -2.38. The van der Waals surface area contributed by atoms with Gasteiger partial charge in [0.25, 0.3) is 0 Å². The number of hydrogen-bond donors (Lipinski definition) is 1. The Balaban J connectivity index is 1.27. The zero-order valence-corrected chi connectivity index (χ0v) is 16.8. The van der Waals surface area contributed by atoms with Crippen molar-refractivity contribution in [2.24, 2.45) is 0 Å². The number of benzene rings is 2. The van der Waals surface area contributed by atoms with Crippen molar-refractivity contribution in [1.29, 1.82) is 0 Å². The van der Waals surface area contributed by atoms with Gasteiger partial charge in [0, 0.05) is 30.3 Å². The first-order chi connectivity index (χ1) is 13.9. The van der Waals surface area contributed by atoms with Gasteiger partial charge in [0.1, 0.15) is 11.9 Å². The van der Waals surface area contributed by atoms with Gasteiger partial charge in [-0.3, -0.25) is 4.90 Å². The number of aliphatic hydroxyl groups is 1. The quantitative estimate of drug-likeness (QED) is 0.791. The Morgan fingerprint density at radius 3 is 2.41 bits per heavy atom. The molecule has 2 fully saturated rings. The molecule has 29 heavy (non-hydrogen) atoms. The number of hydrogen-bond acceptors (Lipinski definition) is 4. The normalized spacial score (nSPS) is 22.0. The first-order valence-corrected chi connectivity index (χ1v) is 10.3. The Kier molecular flexibility index (Phi) is 5.76. The molecule has 0 spiro atoms. The summed E-state index contributed by atoms with van der Waals surface area (Å²) in [6.45, 7) is 2.81. The molecular weight excluding hydrogens is 395 g/mol. The molecule has 1 unspecified atom stereocenters. The number of nitrogens with zero attached hydrogens (tertiary/aromatic N) is 2. The second-order valence-corrected chi connectivity index (χ2v) is 8.20. The zero-order chi connectivity index (χ0) is 20.4. The van der Waals surface area contributed by atoms with Gasteiger partial charge in [-0.2, -0.15) is 0 Å². The molecule has 7 heteroatoms. The lowest BCUT2D eigenvalue weighted by atomic mass is 9.84. The predicted molar refractivity (Wildman–Crippen MR) is 110 cm³/mol. The number of amides is 1. The van der Waals surface area contributed by atoms with Crippen LogP contribution in [-0.2, 0) is 10.3 Å². The molecule has 1 atom stereocenters. The number of rotatable bonds is 5. The van der Waals surface area contributed by atoms with Gasteiger partial charge < -0.3 is 14.7 Å². The van der Waals surface area contributed by atoms with Gasteiger partial charge in [-0.25, -0.2) is 9.18 Å². The molecule has 1 amide bonds. The van der Waals surface area contributed by atoms with Crippen LogP contribution >= 0.6 is 11.6 Å². The highest BCUT2D eigenvalue weighted by molar-refractivity contribution is 6.30. The van der Waals surface area contributed by atoms with Crippen molar-refractivity contribution in [3.05, 3.63) is 64.9 Å². The summed E-state index contributed by atoms with van der Waals surface area (Å²) in [6.07, 6.45) is 1.45. The molecule has 2 aromatic rings. The molecule has 1 N–H and O–H groups in total. The van der Waals surface area contributed by atoms with E-state index in [0.29, 0.717) is 24.4 Å². The van der Waals surface area contributed by atoms with Crippen LogP contribution < -0.4 is 4.90 Å². The molecule has 4 rings (SSSR count). The van der Waals surface area contributed by atoms with Gasteiger partial charge in [-0.1, -0.05) is 23.7 Å². The van der Waals surface area contributed by atoms with Crippen LogP contribution in [0.15, 0.2) is 48.5 Å². The minimum atomic E-state index is -0.907. The van der Waals surface area contributed by atoms with Crippen molar-refractivity contribution in [2.75, 3.05) is 31.1 Å². The highest BCUT2D eigenvalue weighted by atomic mass is 35.5. The van der Waals surface area contributed by atoms with Crippen molar-refractivity contribution >= 4 is 23.4 Å². The molecule has 0 aromatic heterocycles. The SMILES string of the molecule is O=C1OC(CCN2CCC(O)(c3ccc(F)cc3)CC2)CN1c1ccc(Cl)cc1. The van der Waals surface area contributed by atoms with Crippen molar-refractivity contribution in [3.8, 4) is 0 Å². The molecule has 2 aliphatic heterocycles. The van der Waals surface area contributed by atoms with Gasteiger partial charge in [0.15, 0.2) is 0 Å². The van der Waals surface area contributed by atoms with Crippen LogP contribution in [0.2, 0.25) is 5.02 Å². The number of cyclic esters (lactones) is 1. The average Bonchev–Trinajstić information content (AvgIpc) is 3.09. The van der Waals surface area contributed by atoms with E-state index in [-0.39, 0.29) is 18.0 Å². The molecule has 5 nitrogen and oxygen atoms in total. The topological polar surface area (TPSA) is 53.0 Å². The Labute approximate surface area is 174 Å². The summed E-state index contributed by atoms with van der Waals surface area (Å²) >= 11 is 5.91. The monoisotopic (exact) mass is 418 g/mol. The maximum atomic E-state index is 13.1. The summed E-state index contributed by atoms with van der Waals surface area (Å²) in [5, 5.41) is 11.5. The molecule has 0 bridgehead atoms. The lowest BCUT2D eigenvalue weighted by Crippen LogP contribution is -2.43. The van der Waals surface area contributed by atoms with Gasteiger partial charge in [0.2, 0.25) is 0 Å². The van der Waals surface area contributed by atoms with Crippen LogP contribution in [0.3, 0.4) is 0 Å². The van der Waals surface area contributed by atoms with E-state index < -0.39 is 5.60 Å². The second-order valence-electron chi connectivity index (χ2n) is 7.76. The number of carbonyl (C=O) groups is 1. The van der Waals surface area contributed by atoms with E-state index in [1.807, 2.05) is 12.1 Å². The highest BCUT2D eigenvalue weighted by Gasteiger charge is 2.36. The molecular formula is C22H24ClFN2O3. The van der Waals surface area contributed by atoms with E-state index in [1.165, 1.54) is 12.1 Å². The number of piperidine rings is 1. The molecule has 154 valence electrons.